The number of hydrogen-bond acceptors (Lipinski definition) is 6. The van der Waals surface area contributed by atoms with Gasteiger partial charge in [-0.1, -0.05) is 42.5 Å². The van der Waals surface area contributed by atoms with E-state index in [0.29, 0.717) is 31.9 Å². The van der Waals surface area contributed by atoms with Gasteiger partial charge in [-0.3, -0.25) is 14.7 Å². The first kappa shape index (κ1) is 24.1. The van der Waals surface area contributed by atoms with Gasteiger partial charge in [0.1, 0.15) is 5.82 Å². The molecule has 1 fully saturated rings. The number of nitrogens with zero attached hydrogens (tertiary/aromatic N) is 6. The highest BCUT2D eigenvalue weighted by Gasteiger charge is 2.19. The van der Waals surface area contributed by atoms with E-state index in [2.05, 4.69) is 39.1 Å². The molecular formula is C28H32N6O2. The summed E-state index contributed by atoms with van der Waals surface area (Å²) in [5, 5.41) is 6.99. The Kier molecular flexibility index (Phi) is 7.64. The van der Waals surface area contributed by atoms with Crippen LogP contribution in [0.25, 0.3) is 22.2 Å². The largest absolute Gasteiger partial charge is 0.379 e. The van der Waals surface area contributed by atoms with Crippen LogP contribution in [-0.4, -0.2) is 81.4 Å². The number of aromatic nitrogens is 4. The maximum atomic E-state index is 13.6. The molecule has 1 amide bonds. The Morgan fingerprint density at radius 1 is 0.972 bits per heavy atom. The van der Waals surface area contributed by atoms with Crippen molar-refractivity contribution in [2.45, 2.75) is 19.9 Å². The third-order valence-electron chi connectivity index (χ3n) is 6.74. The van der Waals surface area contributed by atoms with Crippen molar-refractivity contribution in [3.63, 3.8) is 0 Å². The number of fused-ring (bicyclic) bond motifs is 1. The van der Waals surface area contributed by atoms with E-state index in [4.69, 9.17) is 9.84 Å². The van der Waals surface area contributed by atoms with Crippen molar-refractivity contribution in [1.82, 2.24) is 29.5 Å². The average molecular weight is 485 g/mol. The van der Waals surface area contributed by atoms with E-state index in [0.717, 1.165) is 60.6 Å². The predicted molar refractivity (Wildman–Crippen MR) is 139 cm³/mol. The molecule has 0 atom stereocenters. The monoisotopic (exact) mass is 484 g/mol. The van der Waals surface area contributed by atoms with Gasteiger partial charge in [0.2, 0.25) is 5.91 Å². The summed E-state index contributed by atoms with van der Waals surface area (Å²) in [5.74, 6) is 1.64. The van der Waals surface area contributed by atoms with Crippen LogP contribution in [0.3, 0.4) is 0 Å². The molecule has 0 unspecified atom stereocenters. The number of rotatable bonds is 9. The van der Waals surface area contributed by atoms with Crippen LogP contribution in [0.15, 0.2) is 67.0 Å². The molecule has 0 saturated carbocycles. The Morgan fingerprint density at radius 3 is 2.56 bits per heavy atom. The second-order valence-corrected chi connectivity index (χ2v) is 9.09. The maximum absolute atomic E-state index is 13.6. The van der Waals surface area contributed by atoms with Crippen LogP contribution < -0.4 is 0 Å². The number of hydrogen-bond donors (Lipinski definition) is 0. The first-order chi connectivity index (χ1) is 17.7. The fourth-order valence-electron chi connectivity index (χ4n) is 4.64. The summed E-state index contributed by atoms with van der Waals surface area (Å²) < 4.78 is 7.38. The molecule has 2 aromatic heterocycles. The SMILES string of the molecule is Cc1nc(-c2ccncc2)nn1CCN(CCN1CCOCC1)C(=O)Cc1cccc2ccccc12. The van der Waals surface area contributed by atoms with Gasteiger partial charge in [-0.05, 0) is 35.4 Å². The lowest BCUT2D eigenvalue weighted by Gasteiger charge is -2.30. The smallest absolute Gasteiger partial charge is 0.227 e. The van der Waals surface area contributed by atoms with Gasteiger partial charge in [-0.25, -0.2) is 9.67 Å². The summed E-state index contributed by atoms with van der Waals surface area (Å²) in [6, 6.07) is 18.2. The molecule has 0 spiro atoms. The van der Waals surface area contributed by atoms with Gasteiger partial charge in [0.15, 0.2) is 5.82 Å². The van der Waals surface area contributed by atoms with E-state index in [-0.39, 0.29) is 5.91 Å². The second kappa shape index (κ2) is 11.4. The Bertz CT molecular complexity index is 1290. The maximum Gasteiger partial charge on any atom is 0.227 e. The molecule has 1 saturated heterocycles. The van der Waals surface area contributed by atoms with E-state index in [1.807, 2.05) is 46.8 Å². The summed E-state index contributed by atoms with van der Waals surface area (Å²) in [5.41, 5.74) is 1.99. The first-order valence-corrected chi connectivity index (χ1v) is 12.5. The quantitative estimate of drug-likeness (QED) is 0.363. The zero-order valence-electron chi connectivity index (χ0n) is 20.7. The fourth-order valence-corrected chi connectivity index (χ4v) is 4.64. The number of benzene rings is 2. The van der Waals surface area contributed by atoms with Crippen LogP contribution in [0.5, 0.6) is 0 Å². The minimum absolute atomic E-state index is 0.131. The van der Waals surface area contributed by atoms with Gasteiger partial charge < -0.3 is 9.64 Å². The highest BCUT2D eigenvalue weighted by Crippen LogP contribution is 2.20. The number of pyridine rings is 1. The number of amides is 1. The van der Waals surface area contributed by atoms with Gasteiger partial charge in [-0.2, -0.15) is 5.10 Å². The van der Waals surface area contributed by atoms with Crippen molar-refractivity contribution in [3.8, 4) is 11.4 Å². The summed E-state index contributed by atoms with van der Waals surface area (Å²) in [6.45, 7) is 7.94. The molecule has 5 rings (SSSR count). The Balaban J connectivity index is 1.31. The van der Waals surface area contributed by atoms with Gasteiger partial charge in [0.25, 0.3) is 0 Å². The molecular weight excluding hydrogens is 452 g/mol. The molecule has 3 heterocycles. The third-order valence-corrected chi connectivity index (χ3v) is 6.74. The lowest BCUT2D eigenvalue weighted by molar-refractivity contribution is -0.131. The Morgan fingerprint density at radius 2 is 1.72 bits per heavy atom. The lowest BCUT2D eigenvalue weighted by atomic mass is 10.0. The van der Waals surface area contributed by atoms with Gasteiger partial charge in [0.05, 0.1) is 26.2 Å². The topological polar surface area (TPSA) is 76.4 Å². The molecule has 4 aromatic rings. The minimum Gasteiger partial charge on any atom is -0.379 e. The normalized spacial score (nSPS) is 14.2. The van der Waals surface area contributed by atoms with Crippen molar-refractivity contribution in [1.29, 1.82) is 0 Å². The first-order valence-electron chi connectivity index (χ1n) is 12.5. The molecule has 186 valence electrons. The summed E-state index contributed by atoms with van der Waals surface area (Å²) in [6.07, 6.45) is 3.86. The van der Waals surface area contributed by atoms with Gasteiger partial charge in [-0.15, -0.1) is 0 Å². The third kappa shape index (κ3) is 5.78. The van der Waals surface area contributed by atoms with E-state index in [9.17, 15) is 4.79 Å². The highest BCUT2D eigenvalue weighted by molar-refractivity contribution is 5.90. The molecule has 0 N–H and O–H groups in total. The number of aryl methyl sites for hydroxylation is 1. The fraction of sp³-hybridized carbons (Fsp3) is 0.357. The molecule has 8 heteroatoms. The zero-order valence-corrected chi connectivity index (χ0v) is 20.7. The van der Waals surface area contributed by atoms with Crippen LogP contribution >= 0.6 is 0 Å². The van der Waals surface area contributed by atoms with Crippen molar-refractivity contribution in [2.75, 3.05) is 45.9 Å². The van der Waals surface area contributed by atoms with Crippen LogP contribution in [0, 0.1) is 6.92 Å². The van der Waals surface area contributed by atoms with Crippen molar-refractivity contribution in [2.24, 2.45) is 0 Å². The summed E-state index contributed by atoms with van der Waals surface area (Å²) in [7, 11) is 0. The molecule has 8 nitrogen and oxygen atoms in total. The Hall–Kier alpha value is -3.62. The zero-order chi connectivity index (χ0) is 24.7. The van der Waals surface area contributed by atoms with Gasteiger partial charge in [0, 0.05) is 50.7 Å². The van der Waals surface area contributed by atoms with E-state index < -0.39 is 0 Å². The highest BCUT2D eigenvalue weighted by atomic mass is 16.5. The summed E-state index contributed by atoms with van der Waals surface area (Å²) >= 11 is 0. The molecule has 36 heavy (non-hydrogen) atoms. The number of morpholine rings is 1. The van der Waals surface area contributed by atoms with Crippen LogP contribution in [0.1, 0.15) is 11.4 Å². The van der Waals surface area contributed by atoms with Crippen molar-refractivity contribution in [3.05, 3.63) is 78.4 Å². The molecule has 0 radical (unpaired) electrons. The molecule has 0 bridgehead atoms. The van der Waals surface area contributed by atoms with E-state index >= 15 is 0 Å². The second-order valence-electron chi connectivity index (χ2n) is 9.09. The summed E-state index contributed by atoms with van der Waals surface area (Å²) in [4.78, 5) is 26.6. The van der Waals surface area contributed by atoms with E-state index in [1.165, 1.54) is 0 Å². The number of carbonyl (C=O) groups excluding carboxylic acids is 1. The molecule has 1 aliphatic heterocycles. The van der Waals surface area contributed by atoms with Gasteiger partial charge >= 0.3 is 0 Å². The van der Waals surface area contributed by atoms with Crippen molar-refractivity contribution < 1.29 is 9.53 Å². The molecule has 1 aliphatic rings. The van der Waals surface area contributed by atoms with Crippen LogP contribution in [0.2, 0.25) is 0 Å². The van der Waals surface area contributed by atoms with Crippen LogP contribution in [0.4, 0.5) is 0 Å². The molecule has 0 aliphatic carbocycles. The predicted octanol–water partition coefficient (Wildman–Crippen LogP) is 3.21. The standard InChI is InChI=1S/C28H32N6O2/c1-22-30-28(24-9-11-29-12-10-24)31-34(22)16-15-33(14-13-32-17-19-36-20-18-32)27(35)21-25-7-4-6-23-5-2-3-8-26(23)25/h2-12H,13-21H2,1H3. The number of carbonyl (C=O) groups is 1. The van der Waals surface area contributed by atoms with Crippen LogP contribution in [-0.2, 0) is 22.5 Å². The number of ether oxygens (including phenoxy) is 1. The van der Waals surface area contributed by atoms with Crippen molar-refractivity contribution >= 4 is 16.7 Å². The molecule has 2 aromatic carbocycles. The average Bonchev–Trinajstić information content (AvgIpc) is 3.30. The Labute approximate surface area is 211 Å². The minimum atomic E-state index is 0.131. The van der Waals surface area contributed by atoms with E-state index in [1.54, 1.807) is 12.4 Å². The lowest BCUT2D eigenvalue weighted by Crippen LogP contribution is -2.44.